The molecule has 0 aliphatic carbocycles. The number of rotatable bonds is 3. The van der Waals surface area contributed by atoms with Crippen LogP contribution in [0.5, 0.6) is 0 Å². The zero-order chi connectivity index (χ0) is 18.5. The van der Waals surface area contributed by atoms with Gasteiger partial charge in [0.15, 0.2) is 0 Å². The van der Waals surface area contributed by atoms with Crippen LogP contribution in [0.25, 0.3) is 5.65 Å². The summed E-state index contributed by atoms with van der Waals surface area (Å²) in [7, 11) is 0. The lowest BCUT2D eigenvalue weighted by atomic mass is 10.2. The standard InChI is InChI=1S/C19H14ClN3O3/c20-15-6-3-13(4-7-15)10-22-18(25)16-11-21-17-8-5-14(2-1-9-24)12-23(17)19(16)26/h3-8,11-12,24H,9-10H2,(H,22,25). The molecular weight excluding hydrogens is 354 g/mol. The van der Waals surface area contributed by atoms with E-state index in [0.29, 0.717) is 16.2 Å². The van der Waals surface area contributed by atoms with Crippen LogP contribution in [0.15, 0.2) is 53.6 Å². The monoisotopic (exact) mass is 367 g/mol. The maximum absolute atomic E-state index is 12.6. The van der Waals surface area contributed by atoms with Crippen molar-refractivity contribution in [2.45, 2.75) is 6.54 Å². The maximum atomic E-state index is 12.6. The Bertz CT molecular complexity index is 1080. The summed E-state index contributed by atoms with van der Waals surface area (Å²) in [6, 6.07) is 10.3. The number of halogens is 1. The van der Waals surface area contributed by atoms with Gasteiger partial charge in [-0.2, -0.15) is 0 Å². The molecule has 2 aromatic heterocycles. The second-order valence-electron chi connectivity index (χ2n) is 5.39. The highest BCUT2D eigenvalue weighted by atomic mass is 35.5. The number of fused-ring (bicyclic) bond motifs is 1. The maximum Gasteiger partial charge on any atom is 0.270 e. The average molecular weight is 368 g/mol. The summed E-state index contributed by atoms with van der Waals surface area (Å²) in [5.41, 5.74) is 1.24. The number of hydrogen-bond donors (Lipinski definition) is 2. The Hall–Kier alpha value is -3.14. The number of hydrogen-bond acceptors (Lipinski definition) is 4. The van der Waals surface area contributed by atoms with Gasteiger partial charge in [0.1, 0.15) is 17.8 Å². The smallest absolute Gasteiger partial charge is 0.270 e. The van der Waals surface area contributed by atoms with Crippen molar-refractivity contribution in [1.82, 2.24) is 14.7 Å². The van der Waals surface area contributed by atoms with E-state index in [1.165, 1.54) is 16.8 Å². The number of aliphatic hydroxyl groups excluding tert-OH is 1. The van der Waals surface area contributed by atoms with Crippen molar-refractivity contribution in [1.29, 1.82) is 0 Å². The van der Waals surface area contributed by atoms with Crippen LogP contribution in [0.4, 0.5) is 0 Å². The number of amides is 1. The molecule has 1 aromatic carbocycles. The Morgan fingerprint density at radius 2 is 2.00 bits per heavy atom. The first-order chi connectivity index (χ1) is 12.6. The van der Waals surface area contributed by atoms with Gasteiger partial charge in [-0.25, -0.2) is 4.98 Å². The third-order valence-electron chi connectivity index (χ3n) is 3.62. The number of carbonyl (C=O) groups is 1. The highest BCUT2D eigenvalue weighted by molar-refractivity contribution is 6.30. The summed E-state index contributed by atoms with van der Waals surface area (Å²) in [6.45, 7) is -0.0154. The average Bonchev–Trinajstić information content (AvgIpc) is 2.66. The van der Waals surface area contributed by atoms with Gasteiger partial charge in [0.2, 0.25) is 0 Å². The van der Waals surface area contributed by atoms with Gasteiger partial charge in [-0.3, -0.25) is 14.0 Å². The van der Waals surface area contributed by atoms with E-state index in [4.69, 9.17) is 16.7 Å². The Balaban J connectivity index is 1.86. The molecule has 130 valence electrons. The van der Waals surface area contributed by atoms with Gasteiger partial charge in [0, 0.05) is 29.5 Å². The molecular formula is C19H14ClN3O3. The highest BCUT2D eigenvalue weighted by Gasteiger charge is 2.13. The molecule has 6 nitrogen and oxygen atoms in total. The minimum Gasteiger partial charge on any atom is -0.384 e. The number of pyridine rings is 1. The van der Waals surface area contributed by atoms with E-state index in [1.807, 2.05) is 0 Å². The lowest BCUT2D eigenvalue weighted by molar-refractivity contribution is 0.0949. The first kappa shape index (κ1) is 17.7. The fourth-order valence-corrected chi connectivity index (χ4v) is 2.45. The van der Waals surface area contributed by atoms with Crippen LogP contribution >= 0.6 is 11.6 Å². The largest absolute Gasteiger partial charge is 0.384 e. The van der Waals surface area contributed by atoms with E-state index in [1.54, 1.807) is 36.4 Å². The second kappa shape index (κ2) is 7.83. The van der Waals surface area contributed by atoms with Crippen molar-refractivity contribution in [2.75, 3.05) is 6.61 Å². The predicted octanol–water partition coefficient (Wildman–Crippen LogP) is 1.62. The molecule has 0 bridgehead atoms. The molecule has 3 rings (SSSR count). The molecule has 0 atom stereocenters. The van der Waals surface area contributed by atoms with Gasteiger partial charge in [-0.1, -0.05) is 35.6 Å². The van der Waals surface area contributed by atoms with E-state index in [0.717, 1.165) is 5.56 Å². The van der Waals surface area contributed by atoms with Gasteiger partial charge in [0.25, 0.3) is 11.5 Å². The molecule has 0 saturated heterocycles. The topological polar surface area (TPSA) is 83.7 Å². The van der Waals surface area contributed by atoms with Crippen LogP contribution in [0.1, 0.15) is 21.5 Å². The molecule has 1 amide bonds. The summed E-state index contributed by atoms with van der Waals surface area (Å²) >= 11 is 5.83. The quantitative estimate of drug-likeness (QED) is 0.689. The van der Waals surface area contributed by atoms with Crippen molar-refractivity contribution >= 4 is 23.2 Å². The summed E-state index contributed by atoms with van der Waals surface area (Å²) in [6.07, 6.45) is 2.75. The predicted molar refractivity (Wildman–Crippen MR) is 98.0 cm³/mol. The van der Waals surface area contributed by atoms with Crippen molar-refractivity contribution < 1.29 is 9.90 Å². The zero-order valence-corrected chi connectivity index (χ0v) is 14.3. The molecule has 0 saturated carbocycles. The zero-order valence-electron chi connectivity index (χ0n) is 13.6. The van der Waals surface area contributed by atoms with Gasteiger partial charge < -0.3 is 10.4 Å². The molecule has 7 heteroatoms. The lowest BCUT2D eigenvalue weighted by Gasteiger charge is -2.07. The highest BCUT2D eigenvalue weighted by Crippen LogP contribution is 2.09. The second-order valence-corrected chi connectivity index (χ2v) is 5.83. The Labute approximate surface area is 154 Å². The van der Waals surface area contributed by atoms with E-state index >= 15 is 0 Å². The number of benzene rings is 1. The molecule has 0 fully saturated rings. The van der Waals surface area contributed by atoms with Crippen molar-refractivity contribution in [3.8, 4) is 11.8 Å². The Morgan fingerprint density at radius 1 is 1.23 bits per heavy atom. The molecule has 0 spiro atoms. The summed E-state index contributed by atoms with van der Waals surface area (Å²) < 4.78 is 1.26. The van der Waals surface area contributed by atoms with E-state index in [9.17, 15) is 9.59 Å². The fraction of sp³-hybridized carbons (Fsp3) is 0.105. The first-order valence-corrected chi connectivity index (χ1v) is 8.10. The van der Waals surface area contributed by atoms with Gasteiger partial charge >= 0.3 is 0 Å². The van der Waals surface area contributed by atoms with Crippen LogP contribution < -0.4 is 10.9 Å². The molecule has 2 N–H and O–H groups in total. The minimum atomic E-state index is -0.515. The van der Waals surface area contributed by atoms with Gasteiger partial charge in [-0.05, 0) is 29.8 Å². The third-order valence-corrected chi connectivity index (χ3v) is 3.88. The normalized spacial score (nSPS) is 10.2. The van der Waals surface area contributed by atoms with Gasteiger partial charge in [0.05, 0.1) is 0 Å². The Kier molecular flexibility index (Phi) is 5.32. The summed E-state index contributed by atoms with van der Waals surface area (Å²) in [5, 5.41) is 12.1. The van der Waals surface area contributed by atoms with Crippen LogP contribution in [-0.2, 0) is 6.54 Å². The lowest BCUT2D eigenvalue weighted by Crippen LogP contribution is -2.31. The summed E-state index contributed by atoms with van der Waals surface area (Å²) in [5.74, 6) is 4.71. The first-order valence-electron chi connectivity index (χ1n) is 7.72. The SMILES string of the molecule is O=C(NCc1ccc(Cl)cc1)c1cnc2ccc(C#CCO)cn2c1=O. The van der Waals surface area contributed by atoms with Crippen molar-refractivity contribution in [3.05, 3.63) is 80.9 Å². The van der Waals surface area contributed by atoms with Crippen LogP contribution in [-0.4, -0.2) is 27.0 Å². The fourth-order valence-electron chi connectivity index (χ4n) is 2.33. The molecule has 3 aromatic rings. The Morgan fingerprint density at radius 3 is 2.73 bits per heavy atom. The van der Waals surface area contributed by atoms with E-state index in [-0.39, 0.29) is 18.7 Å². The third kappa shape index (κ3) is 3.91. The number of aromatic nitrogens is 2. The van der Waals surface area contributed by atoms with Crippen LogP contribution in [0.2, 0.25) is 5.02 Å². The van der Waals surface area contributed by atoms with Crippen molar-refractivity contribution in [3.63, 3.8) is 0 Å². The number of nitrogens with zero attached hydrogens (tertiary/aromatic N) is 2. The van der Waals surface area contributed by atoms with E-state index < -0.39 is 11.5 Å². The molecule has 0 unspecified atom stereocenters. The van der Waals surface area contributed by atoms with E-state index in [2.05, 4.69) is 22.1 Å². The van der Waals surface area contributed by atoms with Crippen LogP contribution in [0, 0.1) is 11.8 Å². The molecule has 0 aliphatic rings. The number of carbonyl (C=O) groups excluding carboxylic acids is 1. The van der Waals surface area contributed by atoms with Crippen LogP contribution in [0.3, 0.4) is 0 Å². The number of aliphatic hydroxyl groups is 1. The molecule has 0 radical (unpaired) electrons. The van der Waals surface area contributed by atoms with Crippen molar-refractivity contribution in [2.24, 2.45) is 0 Å². The molecule has 2 heterocycles. The molecule has 26 heavy (non-hydrogen) atoms. The number of nitrogens with one attached hydrogen (secondary N) is 1. The minimum absolute atomic E-state index is 0.0660. The molecule has 0 aliphatic heterocycles. The summed E-state index contributed by atoms with van der Waals surface area (Å²) in [4.78, 5) is 29.1. The van der Waals surface area contributed by atoms with Gasteiger partial charge in [-0.15, -0.1) is 0 Å².